The van der Waals surface area contributed by atoms with Crippen LogP contribution >= 0.6 is 0 Å². The molecular formula is C20H24FNO2. The van der Waals surface area contributed by atoms with E-state index in [2.05, 4.69) is 4.90 Å². The molecule has 24 heavy (non-hydrogen) atoms. The van der Waals surface area contributed by atoms with Crippen molar-refractivity contribution < 1.29 is 14.2 Å². The first-order chi connectivity index (χ1) is 11.7. The van der Waals surface area contributed by atoms with Crippen molar-refractivity contribution in [3.05, 3.63) is 59.9 Å². The minimum absolute atomic E-state index is 0.180. The number of hydrogen-bond acceptors (Lipinski definition) is 3. The lowest BCUT2D eigenvalue weighted by Gasteiger charge is -2.35. The van der Waals surface area contributed by atoms with Gasteiger partial charge >= 0.3 is 0 Å². The van der Waals surface area contributed by atoms with E-state index in [-0.39, 0.29) is 11.6 Å². The van der Waals surface area contributed by atoms with E-state index in [0.717, 1.165) is 25.9 Å². The fraction of sp³-hybridized carbons (Fsp3) is 0.400. The predicted octanol–water partition coefficient (Wildman–Crippen LogP) is 4.01. The van der Waals surface area contributed by atoms with Crippen LogP contribution in [0.25, 0.3) is 0 Å². The van der Waals surface area contributed by atoms with Gasteiger partial charge in [-0.1, -0.05) is 30.7 Å². The summed E-state index contributed by atoms with van der Waals surface area (Å²) < 4.78 is 18.8. The zero-order chi connectivity index (χ0) is 16.8. The molecule has 3 nitrogen and oxygen atoms in total. The highest BCUT2D eigenvalue weighted by Crippen LogP contribution is 2.25. The van der Waals surface area contributed by atoms with Gasteiger partial charge in [0.05, 0.1) is 0 Å². The second-order valence-corrected chi connectivity index (χ2v) is 6.33. The van der Waals surface area contributed by atoms with Crippen LogP contribution in [0.2, 0.25) is 0 Å². The lowest BCUT2D eigenvalue weighted by atomic mass is 9.95. The molecule has 2 aromatic carbocycles. The number of halogens is 1. The monoisotopic (exact) mass is 329 g/mol. The van der Waals surface area contributed by atoms with Gasteiger partial charge in [-0.15, -0.1) is 0 Å². The third-order valence-corrected chi connectivity index (χ3v) is 4.63. The van der Waals surface area contributed by atoms with Crippen LogP contribution in [0, 0.1) is 5.82 Å². The number of ether oxygens (including phenoxy) is 1. The van der Waals surface area contributed by atoms with Crippen molar-refractivity contribution in [3.63, 3.8) is 0 Å². The third kappa shape index (κ3) is 4.48. The quantitative estimate of drug-likeness (QED) is 0.869. The molecule has 0 bridgehead atoms. The Kier molecular flexibility index (Phi) is 5.70. The average molecular weight is 329 g/mol. The van der Waals surface area contributed by atoms with Crippen LogP contribution < -0.4 is 4.74 Å². The summed E-state index contributed by atoms with van der Waals surface area (Å²) in [7, 11) is 0. The second-order valence-electron chi connectivity index (χ2n) is 6.33. The zero-order valence-electron chi connectivity index (χ0n) is 13.8. The van der Waals surface area contributed by atoms with E-state index in [4.69, 9.17) is 4.74 Å². The Hall–Kier alpha value is -2.07. The fourth-order valence-electron chi connectivity index (χ4n) is 3.33. The Morgan fingerprint density at radius 3 is 2.67 bits per heavy atom. The van der Waals surface area contributed by atoms with Crippen LogP contribution in [0.15, 0.2) is 48.5 Å². The van der Waals surface area contributed by atoms with Gasteiger partial charge in [0, 0.05) is 12.6 Å². The van der Waals surface area contributed by atoms with E-state index in [1.165, 1.54) is 30.5 Å². The highest BCUT2D eigenvalue weighted by molar-refractivity contribution is 5.37. The van der Waals surface area contributed by atoms with E-state index >= 15 is 0 Å². The number of likely N-dealkylation sites (tertiary alicyclic amines) is 1. The number of phenolic OH excluding ortho intramolecular Hbond substituents is 1. The number of aromatic hydroxyl groups is 1. The van der Waals surface area contributed by atoms with Crippen molar-refractivity contribution in [1.29, 1.82) is 0 Å². The van der Waals surface area contributed by atoms with Gasteiger partial charge in [-0.3, -0.25) is 4.90 Å². The normalized spacial score (nSPS) is 18.5. The Balaban J connectivity index is 1.54. The van der Waals surface area contributed by atoms with Gasteiger partial charge in [0.25, 0.3) is 0 Å². The summed E-state index contributed by atoms with van der Waals surface area (Å²) in [5, 5.41) is 9.75. The van der Waals surface area contributed by atoms with Gasteiger partial charge in [-0.2, -0.15) is 0 Å². The molecule has 1 unspecified atom stereocenters. The second kappa shape index (κ2) is 8.15. The number of benzene rings is 2. The number of piperidine rings is 1. The Morgan fingerprint density at radius 1 is 1.08 bits per heavy atom. The molecule has 1 heterocycles. The van der Waals surface area contributed by atoms with Gasteiger partial charge < -0.3 is 9.84 Å². The van der Waals surface area contributed by atoms with E-state index < -0.39 is 0 Å². The number of para-hydroxylation sites is 2. The zero-order valence-corrected chi connectivity index (χ0v) is 13.8. The van der Waals surface area contributed by atoms with E-state index in [1.54, 1.807) is 18.2 Å². The number of rotatable bonds is 6. The first-order valence-electron chi connectivity index (χ1n) is 8.61. The molecular weight excluding hydrogens is 305 g/mol. The molecule has 1 atom stereocenters. The van der Waals surface area contributed by atoms with Crippen LogP contribution in [0.5, 0.6) is 11.5 Å². The molecule has 3 rings (SSSR count). The lowest BCUT2D eigenvalue weighted by Crippen LogP contribution is -2.43. The molecule has 0 saturated carbocycles. The molecule has 1 aliphatic heterocycles. The minimum atomic E-state index is -0.185. The van der Waals surface area contributed by atoms with Gasteiger partial charge in [0.15, 0.2) is 11.5 Å². The summed E-state index contributed by atoms with van der Waals surface area (Å²) in [5.74, 6) is 0.527. The van der Waals surface area contributed by atoms with Crippen LogP contribution in [0.3, 0.4) is 0 Å². The fourth-order valence-corrected chi connectivity index (χ4v) is 3.33. The van der Waals surface area contributed by atoms with Crippen molar-refractivity contribution in [1.82, 2.24) is 4.90 Å². The molecule has 0 aliphatic carbocycles. The van der Waals surface area contributed by atoms with E-state index in [0.29, 0.717) is 18.4 Å². The maximum Gasteiger partial charge on any atom is 0.160 e. The van der Waals surface area contributed by atoms with Crippen molar-refractivity contribution in [3.8, 4) is 11.5 Å². The molecule has 0 radical (unpaired) electrons. The van der Waals surface area contributed by atoms with Crippen molar-refractivity contribution in [2.75, 3.05) is 19.7 Å². The number of phenols is 1. The predicted molar refractivity (Wildman–Crippen MR) is 92.9 cm³/mol. The Labute approximate surface area is 142 Å². The van der Waals surface area contributed by atoms with E-state index in [9.17, 15) is 9.50 Å². The first kappa shape index (κ1) is 16.8. The standard InChI is InChI=1S/C20H24FNO2/c21-17-10-8-16(9-11-17)15-18-5-3-4-12-22(18)13-14-24-20-7-2-1-6-19(20)23/h1-2,6-11,18,23H,3-5,12-15H2. The van der Waals surface area contributed by atoms with Crippen molar-refractivity contribution in [2.45, 2.75) is 31.7 Å². The van der Waals surface area contributed by atoms with Gasteiger partial charge in [-0.05, 0) is 55.6 Å². The summed E-state index contributed by atoms with van der Waals surface area (Å²) in [5.41, 5.74) is 1.18. The molecule has 0 aromatic heterocycles. The third-order valence-electron chi connectivity index (χ3n) is 4.63. The van der Waals surface area contributed by atoms with Crippen LogP contribution in [0.1, 0.15) is 24.8 Å². The van der Waals surface area contributed by atoms with Gasteiger partial charge in [-0.25, -0.2) is 4.39 Å². The minimum Gasteiger partial charge on any atom is -0.504 e. The summed E-state index contributed by atoms with van der Waals surface area (Å²) in [6.07, 6.45) is 4.55. The summed E-state index contributed by atoms with van der Waals surface area (Å²) in [4.78, 5) is 2.45. The number of nitrogens with zero attached hydrogens (tertiary/aromatic N) is 1. The maximum atomic E-state index is 13.1. The molecule has 0 spiro atoms. The van der Waals surface area contributed by atoms with Gasteiger partial charge in [0.1, 0.15) is 12.4 Å². The molecule has 2 aromatic rings. The Morgan fingerprint density at radius 2 is 1.88 bits per heavy atom. The molecule has 1 fully saturated rings. The lowest BCUT2D eigenvalue weighted by molar-refractivity contribution is 0.122. The molecule has 128 valence electrons. The largest absolute Gasteiger partial charge is 0.504 e. The molecule has 1 aliphatic rings. The van der Waals surface area contributed by atoms with Crippen molar-refractivity contribution in [2.24, 2.45) is 0 Å². The average Bonchev–Trinajstić information content (AvgIpc) is 2.60. The van der Waals surface area contributed by atoms with Crippen molar-refractivity contribution >= 4 is 0 Å². The van der Waals surface area contributed by atoms with E-state index in [1.807, 2.05) is 18.2 Å². The smallest absolute Gasteiger partial charge is 0.160 e. The summed E-state index contributed by atoms with van der Waals surface area (Å²) >= 11 is 0. The highest BCUT2D eigenvalue weighted by Gasteiger charge is 2.22. The van der Waals surface area contributed by atoms with Gasteiger partial charge in [0.2, 0.25) is 0 Å². The summed E-state index contributed by atoms with van der Waals surface area (Å²) in [6.45, 7) is 2.45. The Bertz CT molecular complexity index is 644. The maximum absolute atomic E-state index is 13.1. The first-order valence-corrected chi connectivity index (χ1v) is 8.61. The van der Waals surface area contributed by atoms with Crippen LogP contribution in [-0.4, -0.2) is 35.7 Å². The highest BCUT2D eigenvalue weighted by atomic mass is 19.1. The molecule has 1 saturated heterocycles. The molecule has 0 amide bonds. The van der Waals surface area contributed by atoms with Crippen LogP contribution in [0.4, 0.5) is 4.39 Å². The topological polar surface area (TPSA) is 32.7 Å². The van der Waals surface area contributed by atoms with Crippen LogP contribution in [-0.2, 0) is 6.42 Å². The summed E-state index contributed by atoms with van der Waals surface area (Å²) in [6, 6.07) is 14.3. The SMILES string of the molecule is Oc1ccccc1OCCN1CCCCC1Cc1ccc(F)cc1. The molecule has 4 heteroatoms. The molecule has 1 N–H and O–H groups in total. The number of hydrogen-bond donors (Lipinski definition) is 1.